The number of urea groups is 1. The van der Waals surface area contributed by atoms with Crippen LogP contribution in [0.25, 0.3) is 0 Å². The Morgan fingerprint density at radius 3 is 2.67 bits per heavy atom. The van der Waals surface area contributed by atoms with Crippen molar-refractivity contribution < 1.29 is 4.79 Å². The predicted octanol–water partition coefficient (Wildman–Crippen LogP) is 5.01. The molecule has 1 aliphatic rings. The van der Waals surface area contributed by atoms with E-state index in [1.807, 2.05) is 0 Å². The summed E-state index contributed by atoms with van der Waals surface area (Å²) >= 11 is 13.6. The highest BCUT2D eigenvalue weighted by Crippen LogP contribution is 2.28. The molecule has 3 rings (SSSR count). The molecule has 0 saturated carbocycles. The smallest absolute Gasteiger partial charge is 0.319 e. The molecular formula is C17H19Cl2N3OS. The van der Waals surface area contributed by atoms with Crippen LogP contribution in [0.5, 0.6) is 0 Å². The molecule has 0 spiro atoms. The van der Waals surface area contributed by atoms with Crippen molar-refractivity contribution in [3.8, 4) is 0 Å². The van der Waals surface area contributed by atoms with Gasteiger partial charge in [-0.25, -0.2) is 4.79 Å². The molecule has 2 aromatic rings. The van der Waals surface area contributed by atoms with Crippen LogP contribution < -0.4 is 10.6 Å². The number of carbonyl (C=O) groups is 1. The van der Waals surface area contributed by atoms with E-state index in [0.717, 1.165) is 13.1 Å². The van der Waals surface area contributed by atoms with E-state index < -0.39 is 0 Å². The van der Waals surface area contributed by atoms with Gasteiger partial charge in [0.1, 0.15) is 0 Å². The van der Waals surface area contributed by atoms with E-state index in [2.05, 4.69) is 33.0 Å². The van der Waals surface area contributed by atoms with Crippen LogP contribution in [0.4, 0.5) is 10.5 Å². The van der Waals surface area contributed by atoms with Crippen LogP contribution in [-0.4, -0.2) is 30.6 Å². The van der Waals surface area contributed by atoms with Crippen molar-refractivity contribution in [2.75, 3.05) is 25.0 Å². The standard InChI is InChI=1S/C17H19Cl2N3OS/c18-13-6-5-12(10-14(13)19)21-17(23)20-11-15(16-4-3-9-24-16)22-7-1-2-8-22/h3-6,9-10,15H,1-2,7-8,11H2,(H2,20,21,23)/t15-/m0/s1. The molecule has 0 unspecified atom stereocenters. The Hall–Kier alpha value is -1.27. The molecule has 2 N–H and O–H groups in total. The van der Waals surface area contributed by atoms with Crippen LogP contribution in [0.15, 0.2) is 35.7 Å². The first-order valence-corrected chi connectivity index (χ1v) is 9.54. The molecule has 2 amide bonds. The van der Waals surface area contributed by atoms with E-state index in [1.54, 1.807) is 29.5 Å². The van der Waals surface area contributed by atoms with Gasteiger partial charge in [0.05, 0.1) is 16.1 Å². The lowest BCUT2D eigenvalue weighted by atomic mass is 10.2. The Morgan fingerprint density at radius 2 is 2.00 bits per heavy atom. The summed E-state index contributed by atoms with van der Waals surface area (Å²) in [5.41, 5.74) is 0.621. The van der Waals surface area contributed by atoms with Gasteiger partial charge in [-0.1, -0.05) is 29.3 Å². The number of benzene rings is 1. The van der Waals surface area contributed by atoms with Gasteiger partial charge in [0.15, 0.2) is 0 Å². The number of hydrogen-bond donors (Lipinski definition) is 2. The fourth-order valence-electron chi connectivity index (χ4n) is 2.88. The zero-order chi connectivity index (χ0) is 16.9. The fraction of sp³-hybridized carbons (Fsp3) is 0.353. The second-order valence-electron chi connectivity index (χ2n) is 5.74. The summed E-state index contributed by atoms with van der Waals surface area (Å²) in [7, 11) is 0. The van der Waals surface area contributed by atoms with Gasteiger partial charge < -0.3 is 10.6 Å². The third kappa shape index (κ3) is 4.42. The van der Waals surface area contributed by atoms with Gasteiger partial charge in [-0.2, -0.15) is 0 Å². The van der Waals surface area contributed by atoms with E-state index in [4.69, 9.17) is 23.2 Å². The number of hydrogen-bond acceptors (Lipinski definition) is 3. The minimum atomic E-state index is -0.242. The maximum atomic E-state index is 12.2. The van der Waals surface area contributed by atoms with Crippen molar-refractivity contribution >= 4 is 46.3 Å². The maximum absolute atomic E-state index is 12.2. The van der Waals surface area contributed by atoms with Gasteiger partial charge in [0.2, 0.25) is 0 Å². The van der Waals surface area contributed by atoms with E-state index in [1.165, 1.54) is 17.7 Å². The maximum Gasteiger partial charge on any atom is 0.319 e. The number of halogens is 2. The third-order valence-electron chi connectivity index (χ3n) is 4.09. The number of nitrogens with zero attached hydrogens (tertiary/aromatic N) is 1. The summed E-state index contributed by atoms with van der Waals surface area (Å²) in [6.07, 6.45) is 2.44. The lowest BCUT2D eigenvalue weighted by Crippen LogP contribution is -2.38. The predicted molar refractivity (Wildman–Crippen MR) is 101 cm³/mol. The lowest BCUT2D eigenvalue weighted by molar-refractivity contribution is 0.229. The Labute approximate surface area is 155 Å². The first-order valence-electron chi connectivity index (χ1n) is 7.91. The van der Waals surface area contributed by atoms with Crippen LogP contribution in [0.2, 0.25) is 10.0 Å². The molecule has 1 aromatic carbocycles. The Morgan fingerprint density at radius 1 is 1.21 bits per heavy atom. The summed E-state index contributed by atoms with van der Waals surface area (Å²) in [6, 6.07) is 9.20. The van der Waals surface area contributed by atoms with Gasteiger partial charge in [-0.15, -0.1) is 11.3 Å². The minimum Gasteiger partial charge on any atom is -0.336 e. The number of likely N-dealkylation sites (tertiary alicyclic amines) is 1. The largest absolute Gasteiger partial charge is 0.336 e. The molecule has 2 heterocycles. The molecule has 24 heavy (non-hydrogen) atoms. The Balaban J connectivity index is 1.59. The normalized spacial score (nSPS) is 16.1. The SMILES string of the molecule is O=C(NC[C@@H](c1cccs1)N1CCCC1)Nc1ccc(Cl)c(Cl)c1. The molecule has 1 aliphatic heterocycles. The molecule has 1 atom stereocenters. The first-order chi connectivity index (χ1) is 11.6. The molecular weight excluding hydrogens is 365 g/mol. The van der Waals surface area contributed by atoms with Crippen LogP contribution in [0.1, 0.15) is 23.8 Å². The van der Waals surface area contributed by atoms with Crippen molar-refractivity contribution in [3.05, 3.63) is 50.6 Å². The van der Waals surface area contributed by atoms with Crippen molar-refractivity contribution in [1.82, 2.24) is 10.2 Å². The molecule has 1 fully saturated rings. The highest BCUT2D eigenvalue weighted by atomic mass is 35.5. The van der Waals surface area contributed by atoms with Gasteiger partial charge in [-0.3, -0.25) is 4.90 Å². The van der Waals surface area contributed by atoms with E-state index >= 15 is 0 Å². The summed E-state index contributed by atoms with van der Waals surface area (Å²) in [6.45, 7) is 2.74. The number of thiophene rings is 1. The molecule has 1 aromatic heterocycles. The van der Waals surface area contributed by atoms with Gasteiger partial charge in [0.25, 0.3) is 0 Å². The second kappa shape index (κ2) is 8.21. The Bertz CT molecular complexity index is 687. The van der Waals surface area contributed by atoms with Crippen molar-refractivity contribution in [3.63, 3.8) is 0 Å². The summed E-state index contributed by atoms with van der Waals surface area (Å²) in [4.78, 5) is 15.9. The fourth-order valence-corrected chi connectivity index (χ4v) is 4.04. The zero-order valence-corrected chi connectivity index (χ0v) is 15.4. The minimum absolute atomic E-state index is 0.229. The number of nitrogens with one attached hydrogen (secondary N) is 2. The first kappa shape index (κ1) is 17.5. The molecule has 4 nitrogen and oxygen atoms in total. The molecule has 0 radical (unpaired) electrons. The number of carbonyl (C=O) groups excluding carboxylic acids is 1. The highest BCUT2D eigenvalue weighted by molar-refractivity contribution is 7.10. The number of amides is 2. The van der Waals surface area contributed by atoms with Crippen molar-refractivity contribution in [2.45, 2.75) is 18.9 Å². The summed E-state index contributed by atoms with van der Waals surface area (Å²) < 4.78 is 0. The second-order valence-corrected chi connectivity index (χ2v) is 7.53. The van der Waals surface area contributed by atoms with Gasteiger partial charge >= 0.3 is 6.03 Å². The van der Waals surface area contributed by atoms with Gasteiger partial charge in [0, 0.05) is 17.1 Å². The van der Waals surface area contributed by atoms with Crippen molar-refractivity contribution in [2.24, 2.45) is 0 Å². The average molecular weight is 384 g/mol. The monoisotopic (exact) mass is 383 g/mol. The van der Waals surface area contributed by atoms with Crippen LogP contribution >= 0.6 is 34.5 Å². The van der Waals surface area contributed by atoms with Crippen LogP contribution in [0.3, 0.4) is 0 Å². The van der Waals surface area contributed by atoms with E-state index in [9.17, 15) is 4.79 Å². The molecule has 0 bridgehead atoms. The van der Waals surface area contributed by atoms with Crippen LogP contribution in [0, 0.1) is 0 Å². The summed E-state index contributed by atoms with van der Waals surface area (Å²) in [5.74, 6) is 0. The molecule has 0 aliphatic carbocycles. The Kier molecular flexibility index (Phi) is 6.00. The molecule has 7 heteroatoms. The van der Waals surface area contributed by atoms with E-state index in [0.29, 0.717) is 22.3 Å². The highest BCUT2D eigenvalue weighted by Gasteiger charge is 2.24. The lowest BCUT2D eigenvalue weighted by Gasteiger charge is -2.27. The van der Waals surface area contributed by atoms with Crippen molar-refractivity contribution in [1.29, 1.82) is 0 Å². The topological polar surface area (TPSA) is 44.4 Å². The van der Waals surface area contributed by atoms with E-state index in [-0.39, 0.29) is 12.1 Å². The number of rotatable bonds is 5. The van der Waals surface area contributed by atoms with Gasteiger partial charge in [-0.05, 0) is 55.6 Å². The average Bonchev–Trinajstić information content (AvgIpc) is 3.25. The summed E-state index contributed by atoms with van der Waals surface area (Å²) in [5, 5.41) is 8.73. The zero-order valence-electron chi connectivity index (χ0n) is 13.1. The molecule has 128 valence electrons. The quantitative estimate of drug-likeness (QED) is 0.761. The van der Waals surface area contributed by atoms with Crippen LogP contribution in [-0.2, 0) is 0 Å². The number of anilines is 1. The molecule has 1 saturated heterocycles. The third-order valence-corrected chi connectivity index (χ3v) is 5.80.